The van der Waals surface area contributed by atoms with Crippen molar-refractivity contribution in [2.75, 3.05) is 60.5 Å². The molecule has 8 heteroatoms. The van der Waals surface area contributed by atoms with Crippen LogP contribution in [-0.4, -0.2) is 91.4 Å². The minimum absolute atomic E-state index is 0.250. The number of hydrogen-bond donors (Lipinski definition) is 1. The highest BCUT2D eigenvalue weighted by Gasteiger charge is 2.17. The number of hydrogen-bond acceptors (Lipinski definition) is 8. The highest BCUT2D eigenvalue weighted by atomic mass is 32.1. The molecule has 1 saturated heterocycles. The van der Waals surface area contributed by atoms with E-state index >= 15 is 0 Å². The Labute approximate surface area is 190 Å². The number of benzene rings is 1. The molecule has 1 N–H and O–H groups in total. The van der Waals surface area contributed by atoms with E-state index in [0.29, 0.717) is 18.0 Å². The molecule has 7 nitrogen and oxygen atoms in total. The lowest BCUT2D eigenvalue weighted by molar-refractivity contribution is 0.0685. The lowest BCUT2D eigenvalue weighted by atomic mass is 10.2. The van der Waals surface area contributed by atoms with Gasteiger partial charge in [-0.05, 0) is 58.2 Å². The molecular weight excluding hydrogens is 412 g/mol. The van der Waals surface area contributed by atoms with Crippen LogP contribution in [0.25, 0.3) is 0 Å². The van der Waals surface area contributed by atoms with Crippen molar-refractivity contribution in [1.82, 2.24) is 19.7 Å². The number of likely N-dealkylation sites (N-methyl/N-ethyl adjacent to an activating group) is 1. The first kappa shape index (κ1) is 23.9. The average Bonchev–Trinajstić information content (AvgIpc) is 3.03. The summed E-state index contributed by atoms with van der Waals surface area (Å²) in [5, 5.41) is 13.7. The van der Waals surface area contributed by atoms with Crippen molar-refractivity contribution >= 4 is 11.3 Å². The third kappa shape index (κ3) is 7.73. The van der Waals surface area contributed by atoms with E-state index in [1.54, 1.807) is 18.4 Å². The second-order valence-corrected chi connectivity index (χ2v) is 9.50. The van der Waals surface area contributed by atoms with Gasteiger partial charge in [0.2, 0.25) is 0 Å². The monoisotopic (exact) mass is 448 g/mol. The van der Waals surface area contributed by atoms with Crippen LogP contribution in [-0.2, 0) is 13.1 Å². The first-order chi connectivity index (χ1) is 14.9. The number of nitrogens with zero attached hydrogens (tertiary/aromatic N) is 4. The van der Waals surface area contributed by atoms with Crippen LogP contribution in [0.3, 0.4) is 0 Å². The zero-order valence-corrected chi connectivity index (χ0v) is 20.0. The Hall–Kier alpha value is -1.71. The summed E-state index contributed by atoms with van der Waals surface area (Å²) in [4.78, 5) is 11.4. The van der Waals surface area contributed by atoms with Crippen molar-refractivity contribution in [3.63, 3.8) is 0 Å². The maximum atomic E-state index is 10.5. The number of methoxy groups -OCH3 is 1. The van der Waals surface area contributed by atoms with Crippen LogP contribution in [0, 0.1) is 6.92 Å². The number of thiazole rings is 1. The number of aliphatic hydroxyl groups is 1. The van der Waals surface area contributed by atoms with Crippen LogP contribution < -0.4 is 9.47 Å². The summed E-state index contributed by atoms with van der Waals surface area (Å²) in [6.07, 6.45) is 0.598. The maximum Gasteiger partial charge on any atom is 0.161 e. The van der Waals surface area contributed by atoms with Crippen molar-refractivity contribution in [2.45, 2.75) is 32.5 Å². The van der Waals surface area contributed by atoms with Crippen LogP contribution in [0.2, 0.25) is 0 Å². The Bertz CT molecular complexity index is 816. The smallest absolute Gasteiger partial charge is 0.161 e. The molecule has 0 amide bonds. The van der Waals surface area contributed by atoms with Gasteiger partial charge in [-0.3, -0.25) is 9.80 Å². The number of rotatable bonds is 10. The molecule has 1 unspecified atom stereocenters. The molecular formula is C23H36N4O3S. The second kappa shape index (κ2) is 11.8. The molecule has 3 rings (SSSR count). The van der Waals surface area contributed by atoms with Crippen LogP contribution in [0.1, 0.15) is 22.7 Å². The van der Waals surface area contributed by atoms with Crippen LogP contribution >= 0.6 is 11.3 Å². The summed E-state index contributed by atoms with van der Waals surface area (Å²) in [6, 6.07) is 6.00. The molecule has 1 atom stereocenters. The molecule has 1 aliphatic heterocycles. The number of aryl methyl sites for hydroxylation is 1. The lowest BCUT2D eigenvalue weighted by Crippen LogP contribution is -2.37. The van der Waals surface area contributed by atoms with Crippen molar-refractivity contribution in [1.29, 1.82) is 0 Å². The highest BCUT2D eigenvalue weighted by molar-refractivity contribution is 7.09. The molecule has 0 aliphatic carbocycles. The quantitative estimate of drug-likeness (QED) is 0.599. The Balaban J connectivity index is 1.53. The van der Waals surface area contributed by atoms with Gasteiger partial charge < -0.3 is 19.5 Å². The molecule has 2 heterocycles. The number of aromatic nitrogens is 1. The van der Waals surface area contributed by atoms with Crippen molar-refractivity contribution in [2.24, 2.45) is 0 Å². The van der Waals surface area contributed by atoms with Gasteiger partial charge in [0.05, 0.1) is 17.8 Å². The molecule has 1 aliphatic rings. The summed E-state index contributed by atoms with van der Waals surface area (Å²) in [7, 11) is 5.88. The van der Waals surface area contributed by atoms with Crippen LogP contribution in [0.4, 0.5) is 0 Å². The predicted molar refractivity (Wildman–Crippen MR) is 125 cm³/mol. The molecule has 0 spiro atoms. The molecule has 2 aromatic rings. The summed E-state index contributed by atoms with van der Waals surface area (Å²) in [6.45, 7) is 8.65. The largest absolute Gasteiger partial charge is 0.493 e. The van der Waals surface area contributed by atoms with E-state index in [1.165, 1.54) is 0 Å². The van der Waals surface area contributed by atoms with Gasteiger partial charge in [-0.2, -0.15) is 0 Å². The van der Waals surface area contributed by atoms with Gasteiger partial charge in [0, 0.05) is 38.1 Å². The zero-order chi connectivity index (χ0) is 22.2. The van der Waals surface area contributed by atoms with Crippen molar-refractivity contribution in [3.8, 4) is 11.5 Å². The second-order valence-electron chi connectivity index (χ2n) is 8.44. The minimum Gasteiger partial charge on any atom is -0.493 e. The van der Waals surface area contributed by atoms with E-state index in [4.69, 9.17) is 9.47 Å². The Morgan fingerprint density at radius 3 is 2.77 bits per heavy atom. The fourth-order valence-corrected chi connectivity index (χ4v) is 4.48. The highest BCUT2D eigenvalue weighted by Crippen LogP contribution is 2.29. The Kier molecular flexibility index (Phi) is 9.10. The molecule has 0 saturated carbocycles. The molecule has 0 radical (unpaired) electrons. The van der Waals surface area contributed by atoms with Gasteiger partial charge in [-0.15, -0.1) is 11.3 Å². The molecule has 1 fully saturated rings. The van der Waals surface area contributed by atoms with Crippen molar-refractivity contribution < 1.29 is 14.6 Å². The van der Waals surface area contributed by atoms with Crippen LogP contribution in [0.5, 0.6) is 11.5 Å². The normalized spacial score (nSPS) is 17.0. The fourth-order valence-electron chi connectivity index (χ4n) is 3.88. The van der Waals surface area contributed by atoms with E-state index in [0.717, 1.165) is 62.0 Å². The standard InChI is InChI=1S/C23H36N4O3S/c1-18-24-20(17-31-18)14-26(3)13-19-6-7-22(29-4)23(12-19)30-16-21(28)15-27-9-5-8-25(2)10-11-27/h6-7,12,17,21,28H,5,8-11,13-16H2,1-4H3. The summed E-state index contributed by atoms with van der Waals surface area (Å²) in [5.74, 6) is 1.36. The van der Waals surface area contributed by atoms with Crippen LogP contribution in [0.15, 0.2) is 23.6 Å². The zero-order valence-electron chi connectivity index (χ0n) is 19.2. The van der Waals surface area contributed by atoms with Crippen molar-refractivity contribution in [3.05, 3.63) is 39.8 Å². The molecule has 1 aromatic heterocycles. The van der Waals surface area contributed by atoms with Gasteiger partial charge in [-0.1, -0.05) is 6.07 Å². The number of ether oxygens (including phenoxy) is 2. The van der Waals surface area contributed by atoms with E-state index in [9.17, 15) is 5.11 Å². The molecule has 172 valence electrons. The van der Waals surface area contributed by atoms with E-state index in [2.05, 4.69) is 45.2 Å². The Morgan fingerprint density at radius 2 is 2.03 bits per heavy atom. The third-order valence-corrected chi connectivity index (χ3v) is 6.31. The van der Waals surface area contributed by atoms with Gasteiger partial charge in [-0.25, -0.2) is 4.98 Å². The number of β-amino-alcohol motifs (C(OH)–C–C–N with tert-alkyl or cyclic N) is 1. The molecule has 1 aromatic carbocycles. The van der Waals surface area contributed by atoms with E-state index < -0.39 is 6.10 Å². The molecule has 0 bridgehead atoms. The SMILES string of the molecule is COc1ccc(CN(C)Cc2csc(C)n2)cc1OCC(O)CN1CCCN(C)CC1. The average molecular weight is 449 g/mol. The predicted octanol–water partition coefficient (Wildman–Crippen LogP) is 2.47. The van der Waals surface area contributed by atoms with Gasteiger partial charge in [0.1, 0.15) is 12.7 Å². The van der Waals surface area contributed by atoms with Gasteiger partial charge in [0.25, 0.3) is 0 Å². The van der Waals surface area contributed by atoms with E-state index in [-0.39, 0.29) is 6.61 Å². The summed E-state index contributed by atoms with van der Waals surface area (Å²) >= 11 is 1.68. The molecule has 31 heavy (non-hydrogen) atoms. The topological polar surface area (TPSA) is 61.3 Å². The fraction of sp³-hybridized carbons (Fsp3) is 0.609. The van der Waals surface area contributed by atoms with Gasteiger partial charge >= 0.3 is 0 Å². The summed E-state index contributed by atoms with van der Waals surface area (Å²) in [5.41, 5.74) is 2.23. The first-order valence-corrected chi connectivity index (χ1v) is 11.8. The third-order valence-electron chi connectivity index (χ3n) is 5.49. The summed E-state index contributed by atoms with van der Waals surface area (Å²) < 4.78 is 11.5. The maximum absolute atomic E-state index is 10.5. The lowest BCUT2D eigenvalue weighted by Gasteiger charge is -2.24. The first-order valence-electron chi connectivity index (χ1n) is 10.9. The van der Waals surface area contributed by atoms with Gasteiger partial charge in [0.15, 0.2) is 11.5 Å². The van der Waals surface area contributed by atoms with E-state index in [1.807, 2.05) is 19.1 Å². The minimum atomic E-state index is -0.535. The number of aliphatic hydroxyl groups excluding tert-OH is 1. The Morgan fingerprint density at radius 1 is 1.19 bits per heavy atom.